The molecule has 0 fully saturated rings. The van der Waals surface area contributed by atoms with Crippen LogP contribution in [0.1, 0.15) is 130 Å². The monoisotopic (exact) mass is 543 g/mol. The Kier molecular flexibility index (Phi) is 10.3. The van der Waals surface area contributed by atoms with Gasteiger partial charge in [0.25, 0.3) is 0 Å². The fourth-order valence-electron chi connectivity index (χ4n) is 11.3. The molecule has 0 aromatic rings. The molecule has 0 aliphatic heterocycles. The molecule has 0 bridgehead atoms. The largest absolute Gasteiger partial charge is 0.402 e. The van der Waals surface area contributed by atoms with Crippen molar-refractivity contribution in [2.45, 2.75) is 130 Å². The van der Waals surface area contributed by atoms with Gasteiger partial charge in [-0.1, -0.05) is 123 Å². The summed E-state index contributed by atoms with van der Waals surface area (Å²) in [4.78, 5) is 0. The summed E-state index contributed by atoms with van der Waals surface area (Å²) in [5.41, 5.74) is 16.6. The van der Waals surface area contributed by atoms with Gasteiger partial charge in [0.2, 0.25) is 0 Å². The van der Waals surface area contributed by atoms with Crippen LogP contribution in [-0.2, 0) is 0 Å². The van der Waals surface area contributed by atoms with E-state index in [4.69, 9.17) is 11.5 Å². The molecule has 2 aliphatic carbocycles. The molecule has 0 heterocycles. The molecule has 2 rings (SSSR count). The third kappa shape index (κ3) is 5.05. The first kappa shape index (κ1) is 34.3. The van der Waals surface area contributed by atoms with Crippen molar-refractivity contribution < 1.29 is 0 Å². The minimum atomic E-state index is 0.0585. The maximum Gasteiger partial charge on any atom is 0.00518 e. The minimum Gasteiger partial charge on any atom is -0.402 e. The zero-order valence-electron chi connectivity index (χ0n) is 29.2. The lowest BCUT2D eigenvalue weighted by Gasteiger charge is -2.66. The Hall–Kier alpha value is -0.920. The molecule has 0 radical (unpaired) electrons. The lowest BCUT2D eigenvalue weighted by atomic mass is 9.38. The lowest BCUT2D eigenvalue weighted by molar-refractivity contribution is -0.146. The molecule has 2 unspecified atom stereocenters. The number of hydrogen-bond donors (Lipinski definition) is 2. The maximum atomic E-state index is 6.99. The summed E-state index contributed by atoms with van der Waals surface area (Å²) in [5, 5.41) is 0. The van der Waals surface area contributed by atoms with Crippen LogP contribution in [0.3, 0.4) is 0 Å². The van der Waals surface area contributed by atoms with Gasteiger partial charge in [0.1, 0.15) is 0 Å². The zero-order valence-corrected chi connectivity index (χ0v) is 29.2. The second-order valence-corrected chi connectivity index (χ2v) is 16.6. The van der Waals surface area contributed by atoms with Crippen LogP contribution < -0.4 is 11.5 Å². The van der Waals surface area contributed by atoms with Crippen LogP contribution in [0.2, 0.25) is 0 Å². The molecular weight excluding hydrogens is 472 g/mol. The first-order chi connectivity index (χ1) is 17.7. The van der Waals surface area contributed by atoms with Gasteiger partial charge in [-0.05, 0) is 100 Å². The standard InChI is InChI=1S/C37H70N2/c1-22(2)34(23(3)4)18-30(38)19-35(24(5)6,25(7)8)32(34)17-33-36(26(9)10,27(11)12)20-31(39)21-37(33,28(13)14)29(15)16/h18,20,22-29,32-33H,17,19,21,38-39H2,1-16H3. The molecular formula is C37H70N2. The molecule has 0 amide bonds. The van der Waals surface area contributed by atoms with Gasteiger partial charge in [-0.15, -0.1) is 0 Å². The second kappa shape index (κ2) is 11.8. The van der Waals surface area contributed by atoms with Crippen molar-refractivity contribution in [1.29, 1.82) is 0 Å². The molecule has 2 atom stereocenters. The van der Waals surface area contributed by atoms with Crippen LogP contribution in [0.5, 0.6) is 0 Å². The lowest BCUT2D eigenvalue weighted by Crippen LogP contribution is -2.61. The quantitative estimate of drug-likeness (QED) is 0.288. The summed E-state index contributed by atoms with van der Waals surface area (Å²) < 4.78 is 0. The van der Waals surface area contributed by atoms with E-state index in [9.17, 15) is 0 Å². The highest BCUT2D eigenvalue weighted by atomic mass is 14.7. The number of hydrogen-bond acceptors (Lipinski definition) is 2. The first-order valence-electron chi connectivity index (χ1n) is 16.7. The summed E-state index contributed by atoms with van der Waals surface area (Å²) in [6.45, 7) is 39.7. The highest BCUT2D eigenvalue weighted by Gasteiger charge is 2.63. The Labute approximate surface area is 245 Å². The van der Waals surface area contributed by atoms with Crippen molar-refractivity contribution in [2.75, 3.05) is 0 Å². The van der Waals surface area contributed by atoms with Crippen LogP contribution in [0.25, 0.3) is 0 Å². The van der Waals surface area contributed by atoms with Crippen LogP contribution >= 0.6 is 0 Å². The Bertz CT molecular complexity index is 775. The molecule has 0 saturated heterocycles. The Balaban J connectivity index is 3.12. The van der Waals surface area contributed by atoms with Gasteiger partial charge in [0, 0.05) is 11.4 Å². The maximum absolute atomic E-state index is 6.99. The first-order valence-corrected chi connectivity index (χ1v) is 16.7. The van der Waals surface area contributed by atoms with Crippen molar-refractivity contribution in [2.24, 2.45) is 92.3 Å². The van der Waals surface area contributed by atoms with Gasteiger partial charge in [0.05, 0.1) is 0 Å². The van der Waals surface area contributed by atoms with Crippen LogP contribution in [0.4, 0.5) is 0 Å². The SMILES string of the molecule is CC(C)C1(C(C)C)C=C(N)CC(C(C)C)(C(C)C)C1CC1C(C(C)C)(C(C)C)C=C(N)CC1(C(C)C)C(C)C. The van der Waals surface area contributed by atoms with E-state index in [1.54, 1.807) is 0 Å². The predicted octanol–water partition coefficient (Wildman–Crippen LogP) is 10.3. The van der Waals surface area contributed by atoms with E-state index in [-0.39, 0.29) is 21.7 Å². The Morgan fingerprint density at radius 2 is 0.718 bits per heavy atom. The summed E-state index contributed by atoms with van der Waals surface area (Å²) in [6.07, 6.45) is 8.42. The molecule has 39 heavy (non-hydrogen) atoms. The van der Waals surface area contributed by atoms with Gasteiger partial charge in [-0.2, -0.15) is 0 Å². The van der Waals surface area contributed by atoms with Gasteiger partial charge < -0.3 is 11.5 Å². The van der Waals surface area contributed by atoms with Gasteiger partial charge in [-0.25, -0.2) is 0 Å². The topological polar surface area (TPSA) is 52.0 Å². The van der Waals surface area contributed by atoms with Crippen molar-refractivity contribution in [3.8, 4) is 0 Å². The summed E-state index contributed by atoms with van der Waals surface area (Å²) >= 11 is 0. The minimum absolute atomic E-state index is 0.0585. The van der Waals surface area contributed by atoms with Gasteiger partial charge >= 0.3 is 0 Å². The molecule has 0 spiro atoms. The highest BCUT2D eigenvalue weighted by Crippen LogP contribution is 2.69. The Morgan fingerprint density at radius 1 is 0.487 bits per heavy atom. The summed E-state index contributed by atoms with van der Waals surface area (Å²) in [7, 11) is 0. The molecule has 228 valence electrons. The Morgan fingerprint density at radius 3 is 0.897 bits per heavy atom. The number of rotatable bonds is 10. The fourth-order valence-corrected chi connectivity index (χ4v) is 11.3. The average Bonchev–Trinajstić information content (AvgIpc) is 2.78. The van der Waals surface area contributed by atoms with Crippen LogP contribution in [0, 0.1) is 80.8 Å². The molecule has 0 aromatic carbocycles. The molecule has 2 nitrogen and oxygen atoms in total. The van der Waals surface area contributed by atoms with Crippen molar-refractivity contribution >= 4 is 0 Å². The van der Waals surface area contributed by atoms with E-state index in [2.05, 4.69) is 123 Å². The predicted molar refractivity (Wildman–Crippen MR) is 174 cm³/mol. The fraction of sp³-hybridized carbons (Fsp3) is 0.892. The molecule has 2 aliphatic rings. The summed E-state index contributed by atoms with van der Waals surface area (Å²) in [5.74, 6) is 5.36. The van der Waals surface area contributed by atoms with E-state index in [0.29, 0.717) is 59.2 Å². The van der Waals surface area contributed by atoms with Gasteiger partial charge in [-0.3, -0.25) is 0 Å². The highest BCUT2D eigenvalue weighted by molar-refractivity contribution is 5.27. The molecule has 0 saturated carbocycles. The van der Waals surface area contributed by atoms with E-state index in [0.717, 1.165) is 24.2 Å². The van der Waals surface area contributed by atoms with E-state index >= 15 is 0 Å². The second-order valence-electron chi connectivity index (χ2n) is 16.6. The van der Waals surface area contributed by atoms with Crippen molar-refractivity contribution in [3.63, 3.8) is 0 Å². The smallest absolute Gasteiger partial charge is 0.00518 e. The summed E-state index contributed by atoms with van der Waals surface area (Å²) in [6, 6.07) is 0. The van der Waals surface area contributed by atoms with Gasteiger partial charge in [0.15, 0.2) is 0 Å². The third-order valence-electron chi connectivity index (χ3n) is 13.2. The van der Waals surface area contributed by atoms with Crippen molar-refractivity contribution in [1.82, 2.24) is 0 Å². The normalized spacial score (nSPS) is 26.5. The average molecular weight is 543 g/mol. The third-order valence-corrected chi connectivity index (χ3v) is 13.2. The van der Waals surface area contributed by atoms with Crippen molar-refractivity contribution in [3.05, 3.63) is 23.5 Å². The molecule has 0 aromatic heterocycles. The zero-order chi connectivity index (χ0) is 30.5. The molecule has 4 N–H and O–H groups in total. The van der Waals surface area contributed by atoms with E-state index in [1.165, 1.54) is 6.42 Å². The van der Waals surface area contributed by atoms with Crippen LogP contribution in [-0.4, -0.2) is 0 Å². The number of nitrogens with two attached hydrogens (primary N) is 2. The molecule has 2 heteroatoms. The van der Waals surface area contributed by atoms with E-state index < -0.39 is 0 Å². The van der Waals surface area contributed by atoms with Crippen LogP contribution in [0.15, 0.2) is 23.5 Å². The number of allylic oxidation sites excluding steroid dienone is 4. The van der Waals surface area contributed by atoms with E-state index in [1.807, 2.05) is 0 Å².